The SMILES string of the molecule is Cc1ccc2c(c1C)-n1c(nc3ccc4cc[c]([AlH2])c(C)c4c31)C2. The molecule has 0 amide bonds. The molecule has 24 heavy (non-hydrogen) atoms. The van der Waals surface area contributed by atoms with Crippen LogP contribution < -0.4 is 4.43 Å². The van der Waals surface area contributed by atoms with Crippen molar-refractivity contribution in [3.63, 3.8) is 0 Å². The molecule has 3 heteroatoms. The second-order valence-electron chi connectivity index (χ2n) is 7.09. The minimum absolute atomic E-state index is 0.937. The summed E-state index contributed by atoms with van der Waals surface area (Å²) in [5.41, 5.74) is 9.33. The Morgan fingerprint density at radius 3 is 2.58 bits per heavy atom. The molecule has 0 saturated carbocycles. The van der Waals surface area contributed by atoms with Crippen LogP contribution in [0.2, 0.25) is 0 Å². The Hall–Kier alpha value is -2.08. The summed E-state index contributed by atoms with van der Waals surface area (Å²) in [7, 11) is 0. The fraction of sp³-hybridized carbons (Fsp3) is 0.190. The fourth-order valence-electron chi connectivity index (χ4n) is 4.14. The second-order valence-corrected chi connectivity index (χ2v) is 8.17. The standard InChI is InChI=1S/C21H17N2.Al.2H/c1-12-7-8-16-11-18-22-17-10-9-15-6-4-5-13(2)19(15)21(17)23(18)20(16)14(12)3;;;/h4,6-10H,11H2,1-3H3;;;. The quantitative estimate of drug-likeness (QED) is 0.399. The molecule has 2 heterocycles. The van der Waals surface area contributed by atoms with Crippen LogP contribution in [-0.4, -0.2) is 25.8 Å². The van der Waals surface area contributed by atoms with Crippen molar-refractivity contribution in [1.82, 2.24) is 9.55 Å². The summed E-state index contributed by atoms with van der Waals surface area (Å²) < 4.78 is 3.91. The first-order valence-corrected chi connectivity index (χ1v) is 9.56. The molecule has 1 aliphatic rings. The van der Waals surface area contributed by atoms with Crippen LogP contribution in [0.4, 0.5) is 0 Å². The van der Waals surface area contributed by atoms with E-state index in [2.05, 4.69) is 61.7 Å². The van der Waals surface area contributed by atoms with Crippen LogP contribution >= 0.6 is 0 Å². The zero-order chi connectivity index (χ0) is 16.6. The summed E-state index contributed by atoms with van der Waals surface area (Å²) in [5, 5.41) is 2.70. The van der Waals surface area contributed by atoms with Crippen LogP contribution in [-0.2, 0) is 6.42 Å². The van der Waals surface area contributed by atoms with Crippen molar-refractivity contribution in [2.45, 2.75) is 27.2 Å². The first-order valence-electron chi connectivity index (χ1n) is 8.56. The van der Waals surface area contributed by atoms with E-state index >= 15 is 0 Å². The van der Waals surface area contributed by atoms with Crippen molar-refractivity contribution in [1.29, 1.82) is 0 Å². The molecule has 0 radical (unpaired) electrons. The zero-order valence-corrected chi connectivity index (χ0v) is 16.6. The predicted octanol–water partition coefficient (Wildman–Crippen LogP) is 3.27. The number of hydrogen-bond donors (Lipinski definition) is 0. The molecule has 3 aromatic carbocycles. The van der Waals surface area contributed by atoms with Crippen molar-refractivity contribution in [2.75, 3.05) is 0 Å². The van der Waals surface area contributed by atoms with E-state index in [1.54, 1.807) is 0 Å². The average molecular weight is 326 g/mol. The van der Waals surface area contributed by atoms with Crippen LogP contribution in [0.3, 0.4) is 0 Å². The predicted molar refractivity (Wildman–Crippen MR) is 104 cm³/mol. The first-order chi connectivity index (χ1) is 11.6. The largest absolute Gasteiger partial charge is 0.295 e. The lowest BCUT2D eigenvalue weighted by atomic mass is 10.0. The highest BCUT2D eigenvalue weighted by atomic mass is 27.0. The third-order valence-electron chi connectivity index (χ3n) is 5.76. The molecule has 0 atom stereocenters. The molecule has 0 unspecified atom stereocenters. The topological polar surface area (TPSA) is 17.8 Å². The third-order valence-corrected chi connectivity index (χ3v) is 6.84. The lowest BCUT2D eigenvalue weighted by Crippen LogP contribution is -2.07. The fourth-order valence-corrected chi connectivity index (χ4v) is 4.56. The van der Waals surface area contributed by atoms with Gasteiger partial charge in [0.05, 0.1) is 16.7 Å². The van der Waals surface area contributed by atoms with Gasteiger partial charge in [0.1, 0.15) is 5.82 Å². The maximum absolute atomic E-state index is 4.97. The molecular weight excluding hydrogens is 307 g/mol. The molecule has 116 valence electrons. The number of benzene rings is 3. The summed E-state index contributed by atoms with van der Waals surface area (Å²) in [6, 6.07) is 13.5. The molecule has 5 rings (SSSR count). The summed E-state index contributed by atoms with van der Waals surface area (Å²) in [4.78, 5) is 4.97. The van der Waals surface area contributed by atoms with Gasteiger partial charge in [0.2, 0.25) is 0 Å². The maximum atomic E-state index is 4.97. The van der Waals surface area contributed by atoms with Crippen LogP contribution in [0.1, 0.15) is 28.1 Å². The number of fused-ring (bicyclic) bond motifs is 7. The molecule has 2 nitrogen and oxygen atoms in total. The molecule has 0 N–H and O–H groups in total. The van der Waals surface area contributed by atoms with Gasteiger partial charge < -0.3 is 0 Å². The zero-order valence-electron chi connectivity index (χ0n) is 14.6. The minimum Gasteiger partial charge on any atom is -0.295 e. The highest BCUT2D eigenvalue weighted by molar-refractivity contribution is 6.35. The van der Waals surface area contributed by atoms with Crippen molar-refractivity contribution in [3.8, 4) is 5.69 Å². The van der Waals surface area contributed by atoms with Crippen molar-refractivity contribution >= 4 is 42.5 Å². The minimum atomic E-state index is 0.937. The van der Waals surface area contributed by atoms with Gasteiger partial charge in [-0.3, -0.25) is 4.57 Å². The molecule has 0 bridgehead atoms. The summed E-state index contributed by atoms with van der Waals surface area (Å²) in [5.74, 6) is 1.18. The van der Waals surface area contributed by atoms with Gasteiger partial charge in [-0.15, -0.1) is 4.43 Å². The van der Waals surface area contributed by atoms with Crippen LogP contribution in [0.5, 0.6) is 0 Å². The summed E-state index contributed by atoms with van der Waals surface area (Å²) in [6.07, 6.45) is 0.937. The first kappa shape index (κ1) is 14.3. The Bertz CT molecular complexity index is 1170. The molecule has 0 aliphatic carbocycles. The van der Waals surface area contributed by atoms with Gasteiger partial charge in [0.15, 0.2) is 0 Å². The Morgan fingerprint density at radius 1 is 0.958 bits per heavy atom. The van der Waals surface area contributed by atoms with Gasteiger partial charge in [-0.05, 0) is 48.9 Å². The highest BCUT2D eigenvalue weighted by Crippen LogP contribution is 2.38. The van der Waals surface area contributed by atoms with E-state index in [9.17, 15) is 0 Å². The average Bonchev–Trinajstić information content (AvgIpc) is 3.10. The van der Waals surface area contributed by atoms with Crippen molar-refractivity contribution in [3.05, 3.63) is 64.5 Å². The van der Waals surface area contributed by atoms with E-state index in [-0.39, 0.29) is 0 Å². The number of aryl methyl sites for hydroxylation is 2. The van der Waals surface area contributed by atoms with Crippen molar-refractivity contribution in [2.24, 2.45) is 0 Å². The molecule has 0 saturated heterocycles. The van der Waals surface area contributed by atoms with E-state index in [0.29, 0.717) is 0 Å². The lowest BCUT2D eigenvalue weighted by Gasteiger charge is -2.14. The maximum Gasteiger partial charge on any atom is 0.259 e. The van der Waals surface area contributed by atoms with E-state index in [1.165, 1.54) is 54.5 Å². The monoisotopic (exact) mass is 326 g/mol. The smallest absolute Gasteiger partial charge is 0.259 e. The third kappa shape index (κ3) is 1.69. The molecule has 4 aromatic rings. The number of rotatable bonds is 0. The summed E-state index contributed by atoms with van der Waals surface area (Å²) in [6.45, 7) is 6.71. The Morgan fingerprint density at radius 2 is 1.75 bits per heavy atom. The van der Waals surface area contributed by atoms with Gasteiger partial charge in [-0.2, -0.15) is 0 Å². The van der Waals surface area contributed by atoms with Crippen molar-refractivity contribution < 1.29 is 0 Å². The van der Waals surface area contributed by atoms with E-state index in [4.69, 9.17) is 4.98 Å². The molecule has 1 aromatic heterocycles. The number of hydrogen-bond acceptors (Lipinski definition) is 1. The van der Waals surface area contributed by atoms with E-state index < -0.39 is 0 Å². The molecule has 1 aliphatic heterocycles. The van der Waals surface area contributed by atoms with Gasteiger partial charge >= 0.3 is 0 Å². The summed E-state index contributed by atoms with van der Waals surface area (Å²) >= 11 is 1.08. The normalized spacial score (nSPS) is 12.8. The van der Waals surface area contributed by atoms with Crippen LogP contribution in [0.15, 0.2) is 36.4 Å². The van der Waals surface area contributed by atoms with E-state index in [0.717, 1.165) is 28.2 Å². The number of nitrogens with zero attached hydrogens (tertiary/aromatic N) is 2. The van der Waals surface area contributed by atoms with Gasteiger partial charge in [0.25, 0.3) is 16.3 Å². The lowest BCUT2D eigenvalue weighted by molar-refractivity contribution is 1.01. The van der Waals surface area contributed by atoms with Crippen LogP contribution in [0.25, 0.3) is 27.5 Å². The molecule has 0 spiro atoms. The molecule has 0 fully saturated rings. The van der Waals surface area contributed by atoms with Gasteiger partial charge in [-0.25, -0.2) is 4.98 Å². The Labute approximate surface area is 149 Å². The van der Waals surface area contributed by atoms with Crippen LogP contribution in [0, 0.1) is 20.8 Å². The Balaban J connectivity index is 2.03. The van der Waals surface area contributed by atoms with Gasteiger partial charge in [-0.1, -0.05) is 35.9 Å². The molecular formula is C21H19AlN2. The highest BCUT2D eigenvalue weighted by Gasteiger charge is 2.26. The number of aromatic nitrogens is 2. The second kappa shape index (κ2) is 4.73. The number of imidazole rings is 1. The van der Waals surface area contributed by atoms with Gasteiger partial charge in [0, 0.05) is 11.8 Å². The Kier molecular flexibility index (Phi) is 2.81. The van der Waals surface area contributed by atoms with E-state index in [1.807, 2.05) is 0 Å².